The van der Waals surface area contributed by atoms with E-state index in [-0.39, 0.29) is 0 Å². The fourth-order valence-electron chi connectivity index (χ4n) is 2.23. The third kappa shape index (κ3) is 2.67. The first-order valence-corrected chi connectivity index (χ1v) is 6.63. The van der Waals surface area contributed by atoms with E-state index < -0.39 is 0 Å². The standard InChI is InChI=1S/C15H17N5/c1-11-12(10-20(2)19-11)7-16-8-13-9-17-14-5-3-4-6-15(14)18-13/h3-6,9-10,16H,7-8H2,1-2H3. The van der Waals surface area contributed by atoms with Crippen LogP contribution < -0.4 is 5.32 Å². The van der Waals surface area contributed by atoms with Gasteiger partial charge in [-0.1, -0.05) is 12.1 Å². The van der Waals surface area contributed by atoms with E-state index in [1.54, 1.807) is 0 Å². The summed E-state index contributed by atoms with van der Waals surface area (Å²) >= 11 is 0. The SMILES string of the molecule is Cc1nn(C)cc1CNCc1cnc2ccccc2n1. The van der Waals surface area contributed by atoms with Gasteiger partial charge >= 0.3 is 0 Å². The van der Waals surface area contributed by atoms with E-state index in [0.29, 0.717) is 6.54 Å². The molecule has 0 saturated heterocycles. The molecule has 0 unspecified atom stereocenters. The first kappa shape index (κ1) is 12.7. The zero-order valence-corrected chi connectivity index (χ0v) is 11.7. The van der Waals surface area contributed by atoms with Crippen LogP contribution in [0.5, 0.6) is 0 Å². The summed E-state index contributed by atoms with van der Waals surface area (Å²) in [5, 5.41) is 7.71. The van der Waals surface area contributed by atoms with E-state index in [0.717, 1.165) is 29.0 Å². The average Bonchev–Trinajstić information content (AvgIpc) is 2.77. The zero-order valence-electron chi connectivity index (χ0n) is 11.7. The predicted octanol–water partition coefficient (Wildman–Crippen LogP) is 1.96. The maximum Gasteiger partial charge on any atom is 0.0890 e. The molecule has 0 bridgehead atoms. The highest BCUT2D eigenvalue weighted by atomic mass is 15.2. The first-order chi connectivity index (χ1) is 9.72. The Morgan fingerprint density at radius 1 is 1.15 bits per heavy atom. The van der Waals surface area contributed by atoms with Crippen LogP contribution in [-0.2, 0) is 20.1 Å². The second-order valence-corrected chi connectivity index (χ2v) is 4.87. The molecule has 0 radical (unpaired) electrons. The van der Waals surface area contributed by atoms with Crippen LogP contribution in [0.25, 0.3) is 11.0 Å². The van der Waals surface area contributed by atoms with Crippen LogP contribution in [0.15, 0.2) is 36.7 Å². The Labute approximate surface area is 117 Å². The molecular formula is C15H17N5. The Morgan fingerprint density at radius 3 is 2.70 bits per heavy atom. The monoisotopic (exact) mass is 267 g/mol. The van der Waals surface area contributed by atoms with Gasteiger partial charge in [-0.15, -0.1) is 0 Å². The molecule has 2 heterocycles. The van der Waals surface area contributed by atoms with Crippen molar-refractivity contribution in [2.75, 3.05) is 0 Å². The van der Waals surface area contributed by atoms with Gasteiger partial charge in [0.25, 0.3) is 0 Å². The molecule has 0 aliphatic carbocycles. The highest BCUT2D eigenvalue weighted by molar-refractivity contribution is 5.73. The van der Waals surface area contributed by atoms with Gasteiger partial charge in [-0.05, 0) is 19.1 Å². The van der Waals surface area contributed by atoms with Crippen molar-refractivity contribution in [3.05, 3.63) is 53.6 Å². The Morgan fingerprint density at radius 2 is 1.95 bits per heavy atom. The number of aryl methyl sites for hydroxylation is 2. The zero-order chi connectivity index (χ0) is 13.9. The highest BCUT2D eigenvalue weighted by Crippen LogP contribution is 2.09. The van der Waals surface area contributed by atoms with Crippen molar-refractivity contribution in [2.24, 2.45) is 7.05 Å². The second-order valence-electron chi connectivity index (χ2n) is 4.87. The summed E-state index contributed by atoms with van der Waals surface area (Å²) in [5.41, 5.74) is 5.08. The molecule has 0 aliphatic heterocycles. The van der Waals surface area contributed by atoms with Crippen LogP contribution >= 0.6 is 0 Å². The van der Waals surface area contributed by atoms with Crippen LogP contribution in [0.3, 0.4) is 0 Å². The lowest BCUT2D eigenvalue weighted by atomic mass is 10.2. The number of benzene rings is 1. The van der Waals surface area contributed by atoms with Crippen molar-refractivity contribution in [1.29, 1.82) is 0 Å². The van der Waals surface area contributed by atoms with Gasteiger partial charge in [-0.3, -0.25) is 9.67 Å². The molecule has 0 amide bonds. The fraction of sp³-hybridized carbons (Fsp3) is 0.267. The molecular weight excluding hydrogens is 250 g/mol. The van der Waals surface area contributed by atoms with Gasteiger partial charge in [-0.2, -0.15) is 5.10 Å². The quantitative estimate of drug-likeness (QED) is 0.785. The van der Waals surface area contributed by atoms with Crippen LogP contribution in [0, 0.1) is 6.92 Å². The highest BCUT2D eigenvalue weighted by Gasteiger charge is 2.03. The van der Waals surface area contributed by atoms with Crippen molar-refractivity contribution in [1.82, 2.24) is 25.1 Å². The number of aromatic nitrogens is 4. The van der Waals surface area contributed by atoms with Crippen molar-refractivity contribution in [3.8, 4) is 0 Å². The lowest BCUT2D eigenvalue weighted by Gasteiger charge is -2.04. The maximum absolute atomic E-state index is 4.59. The molecule has 0 atom stereocenters. The minimum absolute atomic E-state index is 0.701. The van der Waals surface area contributed by atoms with E-state index >= 15 is 0 Å². The molecule has 0 spiro atoms. The van der Waals surface area contributed by atoms with Crippen LogP contribution in [0.1, 0.15) is 17.0 Å². The Kier molecular flexibility index (Phi) is 3.43. The van der Waals surface area contributed by atoms with Gasteiger partial charge in [0.05, 0.1) is 28.6 Å². The number of rotatable bonds is 4. The largest absolute Gasteiger partial charge is 0.307 e. The molecule has 0 fully saturated rings. The summed E-state index contributed by atoms with van der Waals surface area (Å²) < 4.78 is 1.84. The smallest absolute Gasteiger partial charge is 0.0890 e. The van der Waals surface area contributed by atoms with Gasteiger partial charge in [0.15, 0.2) is 0 Å². The number of fused-ring (bicyclic) bond motifs is 1. The lowest BCUT2D eigenvalue weighted by molar-refractivity contribution is 0.676. The minimum Gasteiger partial charge on any atom is -0.307 e. The Hall–Kier alpha value is -2.27. The molecule has 2 aromatic heterocycles. The molecule has 1 aromatic carbocycles. The number of hydrogen-bond acceptors (Lipinski definition) is 4. The Balaban J connectivity index is 1.66. The number of para-hydroxylation sites is 2. The van der Waals surface area contributed by atoms with Gasteiger partial charge in [0.1, 0.15) is 0 Å². The van der Waals surface area contributed by atoms with E-state index in [1.807, 2.05) is 55.3 Å². The molecule has 0 saturated carbocycles. The fourth-order valence-corrected chi connectivity index (χ4v) is 2.23. The number of nitrogens with zero attached hydrogens (tertiary/aromatic N) is 4. The number of hydrogen-bond donors (Lipinski definition) is 1. The molecule has 3 aromatic rings. The van der Waals surface area contributed by atoms with Crippen LogP contribution in [0.2, 0.25) is 0 Å². The van der Waals surface area contributed by atoms with E-state index in [4.69, 9.17) is 0 Å². The third-order valence-corrected chi connectivity index (χ3v) is 3.24. The molecule has 5 heteroatoms. The first-order valence-electron chi connectivity index (χ1n) is 6.63. The van der Waals surface area contributed by atoms with E-state index in [9.17, 15) is 0 Å². The molecule has 1 N–H and O–H groups in total. The van der Waals surface area contributed by atoms with Crippen molar-refractivity contribution in [3.63, 3.8) is 0 Å². The summed E-state index contributed by atoms with van der Waals surface area (Å²) in [7, 11) is 1.94. The molecule has 20 heavy (non-hydrogen) atoms. The molecule has 102 valence electrons. The summed E-state index contributed by atoms with van der Waals surface area (Å²) in [6.07, 6.45) is 3.86. The van der Waals surface area contributed by atoms with Gasteiger partial charge in [0.2, 0.25) is 0 Å². The second kappa shape index (κ2) is 5.38. The average molecular weight is 267 g/mol. The summed E-state index contributed by atoms with van der Waals surface area (Å²) in [4.78, 5) is 9.00. The molecule has 3 rings (SSSR count). The van der Waals surface area contributed by atoms with Gasteiger partial charge in [0, 0.05) is 31.9 Å². The normalized spacial score (nSPS) is 11.1. The van der Waals surface area contributed by atoms with Crippen molar-refractivity contribution < 1.29 is 0 Å². The molecule has 0 aliphatic rings. The lowest BCUT2D eigenvalue weighted by Crippen LogP contribution is -2.14. The topological polar surface area (TPSA) is 55.6 Å². The summed E-state index contributed by atoms with van der Waals surface area (Å²) in [6, 6.07) is 7.91. The third-order valence-electron chi connectivity index (χ3n) is 3.24. The maximum atomic E-state index is 4.59. The van der Waals surface area contributed by atoms with Crippen molar-refractivity contribution >= 4 is 11.0 Å². The Bertz CT molecular complexity index is 732. The van der Waals surface area contributed by atoms with E-state index in [2.05, 4.69) is 20.4 Å². The predicted molar refractivity (Wildman–Crippen MR) is 78.0 cm³/mol. The van der Waals surface area contributed by atoms with Crippen molar-refractivity contribution in [2.45, 2.75) is 20.0 Å². The van der Waals surface area contributed by atoms with Crippen LogP contribution in [-0.4, -0.2) is 19.7 Å². The van der Waals surface area contributed by atoms with Crippen LogP contribution in [0.4, 0.5) is 0 Å². The molecule has 5 nitrogen and oxygen atoms in total. The van der Waals surface area contributed by atoms with E-state index in [1.165, 1.54) is 5.56 Å². The summed E-state index contributed by atoms with van der Waals surface area (Å²) in [5.74, 6) is 0. The summed E-state index contributed by atoms with van der Waals surface area (Å²) in [6.45, 7) is 3.51. The number of nitrogens with one attached hydrogen (secondary N) is 1. The van der Waals surface area contributed by atoms with Gasteiger partial charge in [-0.25, -0.2) is 4.98 Å². The van der Waals surface area contributed by atoms with Gasteiger partial charge < -0.3 is 5.32 Å². The minimum atomic E-state index is 0.701.